The third kappa shape index (κ3) is 3.75. The Labute approximate surface area is 114 Å². The van der Waals surface area contributed by atoms with E-state index in [9.17, 15) is 12.8 Å². The van der Waals surface area contributed by atoms with Crippen molar-refractivity contribution in [1.82, 2.24) is 4.31 Å². The van der Waals surface area contributed by atoms with Gasteiger partial charge in [-0.1, -0.05) is 26.8 Å². The van der Waals surface area contributed by atoms with E-state index in [0.29, 0.717) is 18.7 Å². The van der Waals surface area contributed by atoms with Gasteiger partial charge < -0.3 is 5.73 Å². The van der Waals surface area contributed by atoms with Crippen LogP contribution in [0.25, 0.3) is 0 Å². The molecule has 0 aliphatic heterocycles. The van der Waals surface area contributed by atoms with Crippen molar-refractivity contribution >= 4 is 10.0 Å². The van der Waals surface area contributed by atoms with Crippen molar-refractivity contribution in [3.8, 4) is 0 Å². The Bertz CT molecular complexity index is 529. The van der Waals surface area contributed by atoms with Gasteiger partial charge in [-0.3, -0.25) is 0 Å². The summed E-state index contributed by atoms with van der Waals surface area (Å²) in [6, 6.07) is 4.01. The molecule has 0 saturated heterocycles. The standard InChI is InChI=1S/C13H21FN2O2S/c1-4-16(9-10(2)3)19(17,18)13-6-5-11(8-15)7-12(13)14/h5-7,10H,4,8-9,15H2,1-3H3. The van der Waals surface area contributed by atoms with Gasteiger partial charge in [-0.25, -0.2) is 12.8 Å². The molecule has 0 bridgehead atoms. The zero-order valence-electron chi connectivity index (χ0n) is 11.6. The number of nitrogens with two attached hydrogens (primary N) is 1. The molecule has 0 heterocycles. The van der Waals surface area contributed by atoms with E-state index in [-0.39, 0.29) is 17.4 Å². The van der Waals surface area contributed by atoms with Gasteiger partial charge in [0, 0.05) is 19.6 Å². The van der Waals surface area contributed by atoms with E-state index in [1.807, 2.05) is 13.8 Å². The molecule has 0 aromatic heterocycles. The fourth-order valence-electron chi connectivity index (χ4n) is 1.82. The molecule has 6 heteroatoms. The summed E-state index contributed by atoms with van der Waals surface area (Å²) in [5.41, 5.74) is 5.98. The monoisotopic (exact) mass is 288 g/mol. The molecular weight excluding hydrogens is 267 g/mol. The number of hydrogen-bond donors (Lipinski definition) is 1. The molecule has 0 radical (unpaired) electrons. The van der Waals surface area contributed by atoms with Crippen LogP contribution in [0.5, 0.6) is 0 Å². The Morgan fingerprint density at radius 2 is 2.00 bits per heavy atom. The predicted octanol–water partition coefficient (Wildman–Crippen LogP) is 1.95. The quantitative estimate of drug-likeness (QED) is 0.870. The van der Waals surface area contributed by atoms with Crippen molar-refractivity contribution in [2.45, 2.75) is 32.2 Å². The van der Waals surface area contributed by atoms with Crippen molar-refractivity contribution in [2.24, 2.45) is 11.7 Å². The van der Waals surface area contributed by atoms with Crippen molar-refractivity contribution < 1.29 is 12.8 Å². The molecular formula is C13H21FN2O2S. The largest absolute Gasteiger partial charge is 0.326 e. The van der Waals surface area contributed by atoms with E-state index in [2.05, 4.69) is 0 Å². The smallest absolute Gasteiger partial charge is 0.245 e. The maximum atomic E-state index is 13.9. The summed E-state index contributed by atoms with van der Waals surface area (Å²) < 4.78 is 39.9. The number of hydrogen-bond acceptors (Lipinski definition) is 3. The van der Waals surface area contributed by atoms with Crippen LogP contribution in [0.2, 0.25) is 0 Å². The lowest BCUT2D eigenvalue weighted by Gasteiger charge is -2.22. The summed E-state index contributed by atoms with van der Waals surface area (Å²) in [5.74, 6) is -0.564. The lowest BCUT2D eigenvalue weighted by Crippen LogP contribution is -2.34. The highest BCUT2D eigenvalue weighted by Crippen LogP contribution is 2.21. The van der Waals surface area contributed by atoms with E-state index in [1.165, 1.54) is 16.4 Å². The number of rotatable bonds is 6. The summed E-state index contributed by atoms with van der Waals surface area (Å²) in [7, 11) is -3.78. The van der Waals surface area contributed by atoms with Crippen LogP contribution in [-0.2, 0) is 16.6 Å². The Morgan fingerprint density at radius 3 is 2.42 bits per heavy atom. The van der Waals surface area contributed by atoms with Crippen LogP contribution in [0, 0.1) is 11.7 Å². The molecule has 2 N–H and O–H groups in total. The zero-order valence-corrected chi connectivity index (χ0v) is 12.4. The molecule has 1 rings (SSSR count). The summed E-state index contributed by atoms with van der Waals surface area (Å²) in [5, 5.41) is 0. The second kappa shape index (κ2) is 6.45. The van der Waals surface area contributed by atoms with E-state index >= 15 is 0 Å². The molecule has 0 spiro atoms. The molecule has 1 aromatic rings. The average molecular weight is 288 g/mol. The normalized spacial score (nSPS) is 12.4. The van der Waals surface area contributed by atoms with E-state index in [4.69, 9.17) is 5.73 Å². The minimum Gasteiger partial charge on any atom is -0.326 e. The molecule has 0 aliphatic carbocycles. The Balaban J connectivity index is 3.18. The van der Waals surface area contributed by atoms with Gasteiger partial charge in [0.05, 0.1) is 0 Å². The maximum Gasteiger partial charge on any atom is 0.245 e. The van der Waals surface area contributed by atoms with Crippen molar-refractivity contribution in [3.05, 3.63) is 29.6 Å². The summed E-state index contributed by atoms with van der Waals surface area (Å²) >= 11 is 0. The second-order valence-electron chi connectivity index (χ2n) is 4.82. The van der Waals surface area contributed by atoms with Gasteiger partial charge in [-0.15, -0.1) is 0 Å². The third-order valence-electron chi connectivity index (χ3n) is 2.77. The number of nitrogens with zero attached hydrogens (tertiary/aromatic N) is 1. The van der Waals surface area contributed by atoms with Crippen LogP contribution in [0.3, 0.4) is 0 Å². The molecule has 0 fully saturated rings. The summed E-state index contributed by atoms with van der Waals surface area (Å²) in [4.78, 5) is -0.285. The molecule has 0 amide bonds. The van der Waals surface area contributed by atoms with Gasteiger partial charge in [-0.05, 0) is 23.6 Å². The maximum absolute atomic E-state index is 13.9. The second-order valence-corrected chi connectivity index (χ2v) is 6.72. The first-order valence-electron chi connectivity index (χ1n) is 6.31. The highest BCUT2D eigenvalue weighted by Gasteiger charge is 2.26. The molecule has 4 nitrogen and oxygen atoms in total. The van der Waals surface area contributed by atoms with Crippen LogP contribution in [0.4, 0.5) is 4.39 Å². The fourth-order valence-corrected chi connectivity index (χ4v) is 3.48. The molecule has 19 heavy (non-hydrogen) atoms. The first-order chi connectivity index (χ1) is 8.82. The molecule has 0 unspecified atom stereocenters. The number of sulfonamides is 1. The highest BCUT2D eigenvalue weighted by atomic mass is 32.2. The molecule has 108 valence electrons. The summed E-state index contributed by atoms with van der Waals surface area (Å²) in [6.45, 7) is 6.46. The Hall–Kier alpha value is -0.980. The van der Waals surface area contributed by atoms with Gasteiger partial charge in [0.1, 0.15) is 10.7 Å². The van der Waals surface area contributed by atoms with Crippen LogP contribution in [-0.4, -0.2) is 25.8 Å². The van der Waals surface area contributed by atoms with E-state index in [1.54, 1.807) is 13.0 Å². The fraction of sp³-hybridized carbons (Fsp3) is 0.538. The van der Waals surface area contributed by atoms with Crippen molar-refractivity contribution in [2.75, 3.05) is 13.1 Å². The van der Waals surface area contributed by atoms with E-state index in [0.717, 1.165) is 0 Å². The van der Waals surface area contributed by atoms with Crippen molar-refractivity contribution in [1.29, 1.82) is 0 Å². The predicted molar refractivity (Wildman–Crippen MR) is 73.6 cm³/mol. The minimum atomic E-state index is -3.78. The molecule has 1 aromatic carbocycles. The lowest BCUT2D eigenvalue weighted by atomic mass is 10.2. The van der Waals surface area contributed by atoms with E-state index < -0.39 is 15.8 Å². The number of benzene rings is 1. The van der Waals surface area contributed by atoms with Gasteiger partial charge >= 0.3 is 0 Å². The van der Waals surface area contributed by atoms with Crippen LogP contribution < -0.4 is 5.73 Å². The third-order valence-corrected chi connectivity index (χ3v) is 4.75. The van der Waals surface area contributed by atoms with Crippen LogP contribution in [0.1, 0.15) is 26.3 Å². The van der Waals surface area contributed by atoms with Gasteiger partial charge in [0.15, 0.2) is 0 Å². The van der Waals surface area contributed by atoms with Crippen molar-refractivity contribution in [3.63, 3.8) is 0 Å². The SMILES string of the molecule is CCN(CC(C)C)S(=O)(=O)c1ccc(CN)cc1F. The van der Waals surface area contributed by atoms with Gasteiger partial charge in [0.25, 0.3) is 0 Å². The van der Waals surface area contributed by atoms with Crippen LogP contribution in [0.15, 0.2) is 23.1 Å². The van der Waals surface area contributed by atoms with Gasteiger partial charge in [-0.2, -0.15) is 4.31 Å². The first-order valence-corrected chi connectivity index (χ1v) is 7.75. The first kappa shape index (κ1) is 16.1. The minimum absolute atomic E-state index is 0.181. The lowest BCUT2D eigenvalue weighted by molar-refractivity contribution is 0.378. The summed E-state index contributed by atoms with van der Waals surface area (Å²) in [6.07, 6.45) is 0. The topological polar surface area (TPSA) is 63.4 Å². The molecule has 0 saturated carbocycles. The number of halogens is 1. The van der Waals surface area contributed by atoms with Crippen LogP contribution >= 0.6 is 0 Å². The highest BCUT2D eigenvalue weighted by molar-refractivity contribution is 7.89. The molecule has 0 atom stereocenters. The van der Waals surface area contributed by atoms with Gasteiger partial charge in [0.2, 0.25) is 10.0 Å². The zero-order chi connectivity index (χ0) is 14.6. The average Bonchev–Trinajstić information content (AvgIpc) is 2.34. The Morgan fingerprint density at radius 1 is 1.37 bits per heavy atom. The Kier molecular flexibility index (Phi) is 5.46. The molecule has 0 aliphatic rings.